The molecule has 0 atom stereocenters. The van der Waals surface area contributed by atoms with Gasteiger partial charge in [-0.15, -0.1) is 0 Å². The Bertz CT molecular complexity index is 269. The van der Waals surface area contributed by atoms with Crippen molar-refractivity contribution >= 4 is 0 Å². The standard InChI is InChI=1S/C13H24N2/c1-12(2,3)11-4-8-15(9-5-11)10-13(14)6-7-13/h4H,5-10,14H2,1-3H3. The highest BCUT2D eigenvalue weighted by molar-refractivity contribution is 5.15. The number of nitrogens with two attached hydrogens (primary N) is 1. The normalized spacial score (nSPS) is 26.3. The molecule has 0 bridgehead atoms. The van der Waals surface area contributed by atoms with Crippen LogP contribution in [0.3, 0.4) is 0 Å². The number of nitrogens with zero attached hydrogens (tertiary/aromatic N) is 1. The average Bonchev–Trinajstić information content (AvgIpc) is 2.82. The van der Waals surface area contributed by atoms with Crippen molar-refractivity contribution in [2.45, 2.75) is 45.6 Å². The van der Waals surface area contributed by atoms with Gasteiger partial charge in [0.1, 0.15) is 0 Å². The fraction of sp³-hybridized carbons (Fsp3) is 0.846. The molecule has 0 unspecified atom stereocenters. The average molecular weight is 208 g/mol. The molecule has 1 aliphatic carbocycles. The molecule has 0 aromatic heterocycles. The lowest BCUT2D eigenvalue weighted by atomic mass is 9.83. The van der Waals surface area contributed by atoms with Crippen LogP contribution in [0.25, 0.3) is 0 Å². The van der Waals surface area contributed by atoms with Gasteiger partial charge in [0.15, 0.2) is 0 Å². The van der Waals surface area contributed by atoms with Crippen LogP contribution in [0.4, 0.5) is 0 Å². The maximum atomic E-state index is 6.14. The van der Waals surface area contributed by atoms with Gasteiger partial charge in [0, 0.05) is 25.2 Å². The van der Waals surface area contributed by atoms with E-state index in [-0.39, 0.29) is 5.54 Å². The maximum Gasteiger partial charge on any atom is 0.0284 e. The Morgan fingerprint density at radius 3 is 2.47 bits per heavy atom. The second-order valence-electron chi connectivity index (χ2n) is 6.33. The van der Waals surface area contributed by atoms with Gasteiger partial charge in [0.05, 0.1) is 0 Å². The molecule has 2 nitrogen and oxygen atoms in total. The molecule has 0 saturated heterocycles. The van der Waals surface area contributed by atoms with E-state index in [4.69, 9.17) is 5.73 Å². The van der Waals surface area contributed by atoms with Crippen LogP contribution in [-0.4, -0.2) is 30.1 Å². The van der Waals surface area contributed by atoms with Crippen LogP contribution in [0.15, 0.2) is 11.6 Å². The molecule has 1 aliphatic heterocycles. The molecule has 2 aliphatic rings. The molecule has 0 aromatic rings. The summed E-state index contributed by atoms with van der Waals surface area (Å²) < 4.78 is 0. The molecule has 0 aromatic carbocycles. The minimum Gasteiger partial charge on any atom is -0.324 e. The zero-order valence-corrected chi connectivity index (χ0v) is 10.3. The molecule has 0 spiro atoms. The van der Waals surface area contributed by atoms with Crippen LogP contribution in [0.1, 0.15) is 40.0 Å². The minimum atomic E-state index is 0.174. The second kappa shape index (κ2) is 3.60. The van der Waals surface area contributed by atoms with Gasteiger partial charge in [-0.2, -0.15) is 0 Å². The van der Waals surface area contributed by atoms with Gasteiger partial charge in [0.25, 0.3) is 0 Å². The Morgan fingerprint density at radius 2 is 2.07 bits per heavy atom. The van der Waals surface area contributed by atoms with E-state index < -0.39 is 0 Å². The zero-order valence-electron chi connectivity index (χ0n) is 10.3. The number of hydrogen-bond donors (Lipinski definition) is 1. The van der Waals surface area contributed by atoms with Crippen LogP contribution in [0.5, 0.6) is 0 Å². The van der Waals surface area contributed by atoms with Crippen LogP contribution < -0.4 is 5.73 Å². The molecular formula is C13H24N2. The Kier molecular flexibility index (Phi) is 2.68. The summed E-state index contributed by atoms with van der Waals surface area (Å²) in [5.41, 5.74) is 8.27. The van der Waals surface area contributed by atoms with E-state index in [1.165, 1.54) is 25.8 Å². The lowest BCUT2D eigenvalue weighted by Gasteiger charge is -2.33. The fourth-order valence-corrected chi connectivity index (χ4v) is 2.30. The zero-order chi connectivity index (χ0) is 11.1. The minimum absolute atomic E-state index is 0.174. The first-order valence-electron chi connectivity index (χ1n) is 6.10. The highest BCUT2D eigenvalue weighted by Crippen LogP contribution is 2.35. The Balaban J connectivity index is 1.88. The molecule has 2 heteroatoms. The van der Waals surface area contributed by atoms with Crippen LogP contribution >= 0.6 is 0 Å². The maximum absolute atomic E-state index is 6.14. The van der Waals surface area contributed by atoms with Crippen LogP contribution in [-0.2, 0) is 0 Å². The Hall–Kier alpha value is -0.340. The van der Waals surface area contributed by atoms with Gasteiger partial charge in [0.2, 0.25) is 0 Å². The molecule has 0 radical (unpaired) electrons. The van der Waals surface area contributed by atoms with Crippen LogP contribution in [0, 0.1) is 5.41 Å². The first kappa shape index (κ1) is 11.2. The van der Waals surface area contributed by atoms with Crippen molar-refractivity contribution in [2.24, 2.45) is 11.1 Å². The van der Waals surface area contributed by atoms with E-state index in [0.717, 1.165) is 13.1 Å². The second-order valence-corrected chi connectivity index (χ2v) is 6.33. The summed E-state index contributed by atoms with van der Waals surface area (Å²) in [4.78, 5) is 2.50. The Labute approximate surface area is 93.5 Å². The predicted octanol–water partition coefficient (Wildman–Crippen LogP) is 2.16. The molecule has 2 rings (SSSR count). The van der Waals surface area contributed by atoms with E-state index in [1.807, 2.05) is 0 Å². The van der Waals surface area contributed by atoms with E-state index in [9.17, 15) is 0 Å². The van der Waals surface area contributed by atoms with Crippen molar-refractivity contribution in [3.05, 3.63) is 11.6 Å². The highest BCUT2D eigenvalue weighted by atomic mass is 15.2. The van der Waals surface area contributed by atoms with E-state index in [2.05, 4.69) is 31.7 Å². The lowest BCUT2D eigenvalue weighted by Crippen LogP contribution is -2.42. The van der Waals surface area contributed by atoms with Crippen molar-refractivity contribution in [3.63, 3.8) is 0 Å². The van der Waals surface area contributed by atoms with E-state index >= 15 is 0 Å². The van der Waals surface area contributed by atoms with Crippen molar-refractivity contribution in [1.82, 2.24) is 4.90 Å². The van der Waals surface area contributed by atoms with Crippen molar-refractivity contribution in [2.75, 3.05) is 19.6 Å². The third-order valence-electron chi connectivity index (χ3n) is 3.69. The summed E-state index contributed by atoms with van der Waals surface area (Å²) in [7, 11) is 0. The largest absolute Gasteiger partial charge is 0.324 e. The monoisotopic (exact) mass is 208 g/mol. The first-order valence-corrected chi connectivity index (χ1v) is 6.10. The predicted molar refractivity (Wildman–Crippen MR) is 64.7 cm³/mol. The smallest absolute Gasteiger partial charge is 0.0284 e. The Morgan fingerprint density at radius 1 is 1.40 bits per heavy atom. The quantitative estimate of drug-likeness (QED) is 0.705. The molecule has 1 heterocycles. The summed E-state index contributed by atoms with van der Waals surface area (Å²) in [5, 5.41) is 0. The van der Waals surface area contributed by atoms with E-state index in [1.54, 1.807) is 5.57 Å². The van der Waals surface area contributed by atoms with Crippen LogP contribution in [0.2, 0.25) is 0 Å². The third-order valence-corrected chi connectivity index (χ3v) is 3.69. The van der Waals surface area contributed by atoms with Crippen molar-refractivity contribution < 1.29 is 0 Å². The molecular weight excluding hydrogens is 184 g/mol. The van der Waals surface area contributed by atoms with Crippen molar-refractivity contribution in [3.8, 4) is 0 Å². The SMILES string of the molecule is CC(C)(C)C1=CCN(CC2(N)CC2)CC1. The summed E-state index contributed by atoms with van der Waals surface area (Å²) >= 11 is 0. The van der Waals surface area contributed by atoms with Crippen molar-refractivity contribution in [1.29, 1.82) is 0 Å². The van der Waals surface area contributed by atoms with Gasteiger partial charge < -0.3 is 5.73 Å². The summed E-state index contributed by atoms with van der Waals surface area (Å²) in [6.07, 6.45) is 6.08. The van der Waals surface area contributed by atoms with Gasteiger partial charge in [-0.1, -0.05) is 32.4 Å². The molecule has 86 valence electrons. The summed E-state index contributed by atoms with van der Waals surface area (Å²) in [5.74, 6) is 0. The molecule has 0 amide bonds. The molecule has 1 fully saturated rings. The molecule has 1 saturated carbocycles. The lowest BCUT2D eigenvalue weighted by molar-refractivity contribution is 0.256. The summed E-state index contributed by atoms with van der Waals surface area (Å²) in [6.45, 7) is 10.3. The van der Waals surface area contributed by atoms with E-state index in [0.29, 0.717) is 5.41 Å². The summed E-state index contributed by atoms with van der Waals surface area (Å²) in [6, 6.07) is 0. The van der Waals surface area contributed by atoms with Gasteiger partial charge in [-0.25, -0.2) is 0 Å². The topological polar surface area (TPSA) is 29.3 Å². The first-order chi connectivity index (χ1) is 6.89. The fourth-order valence-electron chi connectivity index (χ4n) is 2.30. The highest BCUT2D eigenvalue weighted by Gasteiger charge is 2.39. The van der Waals surface area contributed by atoms with Gasteiger partial charge in [-0.3, -0.25) is 4.90 Å². The van der Waals surface area contributed by atoms with Gasteiger partial charge in [-0.05, 0) is 24.7 Å². The molecule has 15 heavy (non-hydrogen) atoms. The number of rotatable bonds is 2. The third kappa shape index (κ3) is 2.82. The number of hydrogen-bond acceptors (Lipinski definition) is 2. The van der Waals surface area contributed by atoms with Gasteiger partial charge >= 0.3 is 0 Å². The molecule has 2 N–H and O–H groups in total.